The summed E-state index contributed by atoms with van der Waals surface area (Å²) < 4.78 is 12.1. The highest BCUT2D eigenvalue weighted by molar-refractivity contribution is 5.94. The molecule has 6 heteroatoms. The van der Waals surface area contributed by atoms with Crippen molar-refractivity contribution >= 4 is 5.78 Å². The predicted molar refractivity (Wildman–Crippen MR) is 66.0 cm³/mol. The van der Waals surface area contributed by atoms with Crippen molar-refractivity contribution in [3.8, 4) is 5.69 Å². The summed E-state index contributed by atoms with van der Waals surface area (Å²) in [5.41, 5.74) is 1.24. The Morgan fingerprint density at radius 1 is 1.26 bits per heavy atom. The molecule has 0 atom stereocenters. The van der Waals surface area contributed by atoms with E-state index in [1.54, 1.807) is 0 Å². The van der Waals surface area contributed by atoms with E-state index in [1.807, 2.05) is 30.3 Å². The standard InChI is InChI=1S/C13H13N3O3/c17-12(8-13-18-6-7-19-13)11-9-14-15-16(11)10-4-2-1-3-5-10/h1-5,9,13H,6-8H2. The highest BCUT2D eigenvalue weighted by Crippen LogP contribution is 2.14. The van der Waals surface area contributed by atoms with Crippen LogP contribution in [0.25, 0.3) is 5.69 Å². The first kappa shape index (κ1) is 12.0. The van der Waals surface area contributed by atoms with Gasteiger partial charge >= 0.3 is 0 Å². The van der Waals surface area contributed by atoms with Gasteiger partial charge in [-0.25, -0.2) is 4.68 Å². The first-order chi connectivity index (χ1) is 9.34. The van der Waals surface area contributed by atoms with Crippen LogP contribution in [0.2, 0.25) is 0 Å². The van der Waals surface area contributed by atoms with E-state index in [4.69, 9.17) is 9.47 Å². The second kappa shape index (κ2) is 5.29. The number of nitrogens with zero attached hydrogens (tertiary/aromatic N) is 3. The van der Waals surface area contributed by atoms with Gasteiger partial charge in [-0.3, -0.25) is 4.79 Å². The van der Waals surface area contributed by atoms with Gasteiger partial charge in [0.05, 0.1) is 31.5 Å². The van der Waals surface area contributed by atoms with Crippen LogP contribution in [0.4, 0.5) is 0 Å². The third kappa shape index (κ3) is 2.54. The number of rotatable bonds is 4. The number of benzene rings is 1. The first-order valence-corrected chi connectivity index (χ1v) is 6.07. The molecule has 6 nitrogen and oxygen atoms in total. The van der Waals surface area contributed by atoms with Crippen molar-refractivity contribution in [1.82, 2.24) is 15.0 Å². The summed E-state index contributed by atoms with van der Waals surface area (Å²) in [5.74, 6) is -0.0965. The predicted octanol–water partition coefficient (Wildman–Crippen LogP) is 1.21. The Morgan fingerprint density at radius 2 is 2.00 bits per heavy atom. The van der Waals surface area contributed by atoms with E-state index in [-0.39, 0.29) is 12.2 Å². The van der Waals surface area contributed by atoms with Gasteiger partial charge in [0.2, 0.25) is 0 Å². The lowest BCUT2D eigenvalue weighted by Crippen LogP contribution is -2.17. The molecule has 0 aliphatic carbocycles. The highest BCUT2D eigenvalue weighted by Gasteiger charge is 2.23. The maximum Gasteiger partial charge on any atom is 0.188 e. The molecule has 1 saturated heterocycles. The number of para-hydroxylation sites is 1. The Labute approximate surface area is 109 Å². The zero-order chi connectivity index (χ0) is 13.1. The van der Waals surface area contributed by atoms with Gasteiger partial charge in [-0.05, 0) is 12.1 Å². The van der Waals surface area contributed by atoms with Crippen molar-refractivity contribution in [3.05, 3.63) is 42.2 Å². The number of carbonyl (C=O) groups is 1. The van der Waals surface area contributed by atoms with Gasteiger partial charge in [0.15, 0.2) is 12.1 Å². The van der Waals surface area contributed by atoms with Gasteiger partial charge in [0.1, 0.15) is 5.69 Å². The Bertz CT molecular complexity index is 562. The van der Waals surface area contributed by atoms with Crippen LogP contribution in [-0.2, 0) is 9.47 Å². The van der Waals surface area contributed by atoms with Gasteiger partial charge < -0.3 is 9.47 Å². The number of ketones is 1. The number of ether oxygens (including phenoxy) is 2. The maximum atomic E-state index is 12.2. The smallest absolute Gasteiger partial charge is 0.188 e. The fourth-order valence-electron chi connectivity index (χ4n) is 1.97. The number of hydrogen-bond acceptors (Lipinski definition) is 5. The van der Waals surface area contributed by atoms with E-state index in [0.717, 1.165) is 5.69 Å². The zero-order valence-electron chi connectivity index (χ0n) is 10.2. The monoisotopic (exact) mass is 259 g/mol. The topological polar surface area (TPSA) is 66.2 Å². The second-order valence-electron chi connectivity index (χ2n) is 4.17. The minimum absolute atomic E-state index is 0.0965. The van der Waals surface area contributed by atoms with Gasteiger partial charge in [0, 0.05) is 0 Å². The Hall–Kier alpha value is -2.05. The number of Topliss-reactive ketones (excluding diaryl/α,β-unsaturated/α-hetero) is 1. The minimum Gasteiger partial charge on any atom is -0.350 e. The van der Waals surface area contributed by atoms with Crippen molar-refractivity contribution in [1.29, 1.82) is 0 Å². The number of hydrogen-bond donors (Lipinski definition) is 0. The molecule has 1 aliphatic rings. The van der Waals surface area contributed by atoms with Crippen LogP contribution in [0.1, 0.15) is 16.9 Å². The Morgan fingerprint density at radius 3 is 2.74 bits per heavy atom. The molecule has 0 saturated carbocycles. The Kier molecular flexibility index (Phi) is 3.35. The van der Waals surface area contributed by atoms with E-state index >= 15 is 0 Å². The average Bonchev–Trinajstić information content (AvgIpc) is 3.10. The quantitative estimate of drug-likeness (QED) is 0.772. The molecule has 1 aromatic heterocycles. The third-order valence-electron chi connectivity index (χ3n) is 2.88. The molecule has 0 amide bonds. The maximum absolute atomic E-state index is 12.2. The molecule has 19 heavy (non-hydrogen) atoms. The van der Waals surface area contributed by atoms with Crippen LogP contribution >= 0.6 is 0 Å². The van der Waals surface area contributed by atoms with Crippen LogP contribution in [0.3, 0.4) is 0 Å². The first-order valence-electron chi connectivity index (χ1n) is 6.07. The lowest BCUT2D eigenvalue weighted by molar-refractivity contribution is -0.0408. The molecular formula is C13H13N3O3. The third-order valence-corrected chi connectivity index (χ3v) is 2.88. The largest absolute Gasteiger partial charge is 0.350 e. The molecule has 1 aromatic carbocycles. The lowest BCUT2D eigenvalue weighted by atomic mass is 10.2. The molecule has 1 fully saturated rings. The van der Waals surface area contributed by atoms with Crippen molar-refractivity contribution < 1.29 is 14.3 Å². The molecule has 0 spiro atoms. The van der Waals surface area contributed by atoms with Crippen LogP contribution in [0.15, 0.2) is 36.5 Å². The highest BCUT2D eigenvalue weighted by atomic mass is 16.7. The summed E-state index contributed by atoms with van der Waals surface area (Å²) in [6.45, 7) is 1.07. The molecule has 3 rings (SSSR count). The summed E-state index contributed by atoms with van der Waals surface area (Å²) >= 11 is 0. The van der Waals surface area contributed by atoms with Gasteiger partial charge in [-0.15, -0.1) is 5.10 Å². The normalized spacial score (nSPS) is 15.8. The molecule has 0 radical (unpaired) electrons. The molecular weight excluding hydrogens is 246 g/mol. The van der Waals surface area contributed by atoms with Crippen LogP contribution < -0.4 is 0 Å². The van der Waals surface area contributed by atoms with Gasteiger partial charge in [0.25, 0.3) is 0 Å². The molecule has 0 N–H and O–H groups in total. The van der Waals surface area contributed by atoms with Crippen molar-refractivity contribution in [2.45, 2.75) is 12.7 Å². The summed E-state index contributed by atoms with van der Waals surface area (Å²) in [4.78, 5) is 12.2. The molecule has 0 unspecified atom stereocenters. The van der Waals surface area contributed by atoms with E-state index in [9.17, 15) is 4.79 Å². The van der Waals surface area contributed by atoms with E-state index < -0.39 is 6.29 Å². The van der Waals surface area contributed by atoms with Crippen molar-refractivity contribution in [2.75, 3.05) is 13.2 Å². The average molecular weight is 259 g/mol. The van der Waals surface area contributed by atoms with Crippen molar-refractivity contribution in [3.63, 3.8) is 0 Å². The number of aromatic nitrogens is 3. The molecule has 0 bridgehead atoms. The van der Waals surface area contributed by atoms with E-state index in [0.29, 0.717) is 18.9 Å². The fraction of sp³-hybridized carbons (Fsp3) is 0.308. The fourth-order valence-corrected chi connectivity index (χ4v) is 1.97. The van der Waals surface area contributed by atoms with Gasteiger partial charge in [-0.1, -0.05) is 23.4 Å². The number of carbonyl (C=O) groups excluding carboxylic acids is 1. The van der Waals surface area contributed by atoms with E-state index in [2.05, 4.69) is 10.3 Å². The molecule has 2 heterocycles. The summed E-state index contributed by atoms with van der Waals surface area (Å²) in [6, 6.07) is 9.41. The minimum atomic E-state index is -0.452. The van der Waals surface area contributed by atoms with Crippen molar-refractivity contribution in [2.24, 2.45) is 0 Å². The van der Waals surface area contributed by atoms with Crippen LogP contribution in [0, 0.1) is 0 Å². The zero-order valence-corrected chi connectivity index (χ0v) is 10.2. The van der Waals surface area contributed by atoms with E-state index in [1.165, 1.54) is 10.9 Å². The second-order valence-corrected chi connectivity index (χ2v) is 4.17. The Balaban J connectivity index is 1.81. The van der Waals surface area contributed by atoms with Gasteiger partial charge in [-0.2, -0.15) is 0 Å². The lowest BCUT2D eigenvalue weighted by Gasteiger charge is -2.08. The molecule has 98 valence electrons. The molecule has 1 aliphatic heterocycles. The summed E-state index contributed by atoms with van der Waals surface area (Å²) in [5, 5.41) is 7.75. The summed E-state index contributed by atoms with van der Waals surface area (Å²) in [6.07, 6.45) is 1.19. The SMILES string of the molecule is O=C(CC1OCCO1)c1cnnn1-c1ccccc1. The molecule has 2 aromatic rings. The van der Waals surface area contributed by atoms with Crippen LogP contribution in [0.5, 0.6) is 0 Å². The van der Waals surface area contributed by atoms with Crippen LogP contribution in [-0.4, -0.2) is 40.3 Å². The summed E-state index contributed by atoms with van der Waals surface area (Å²) in [7, 11) is 0.